The van der Waals surface area contributed by atoms with Crippen LogP contribution in [0.5, 0.6) is 0 Å². The van der Waals surface area contributed by atoms with Crippen molar-refractivity contribution in [2.45, 2.75) is 45.1 Å². The number of anilines is 1. The molecule has 0 bridgehead atoms. The number of likely N-dealkylation sites (tertiary alicyclic amines) is 1. The lowest BCUT2D eigenvalue weighted by molar-refractivity contribution is 0.0761. The van der Waals surface area contributed by atoms with Crippen molar-refractivity contribution in [1.29, 1.82) is 0 Å². The van der Waals surface area contributed by atoms with Gasteiger partial charge in [0.15, 0.2) is 0 Å². The van der Waals surface area contributed by atoms with Crippen LogP contribution in [0.1, 0.15) is 48.7 Å². The number of hydrogen-bond acceptors (Lipinski definition) is 3. The highest BCUT2D eigenvalue weighted by Gasteiger charge is 2.17. The van der Waals surface area contributed by atoms with Gasteiger partial charge in [0, 0.05) is 36.8 Å². The smallest absolute Gasteiger partial charge is 0.319 e. The Morgan fingerprint density at radius 3 is 2.41 bits per heavy atom. The van der Waals surface area contributed by atoms with Crippen LogP contribution in [0.4, 0.5) is 10.5 Å². The standard InChI is InChI=1S/C21H27N3O3/c1-16(15-19-7-6-14-27-19)22-21(26)23-18-10-8-17(9-11-18)20(25)24-12-4-2-3-5-13-24/h6-11,14,16H,2-5,12-13,15H2,1H3,(H2,22,23,26). The molecule has 1 unspecified atom stereocenters. The van der Waals surface area contributed by atoms with Crippen LogP contribution in [0, 0.1) is 0 Å². The molecule has 27 heavy (non-hydrogen) atoms. The summed E-state index contributed by atoms with van der Waals surface area (Å²) in [6.07, 6.45) is 6.78. The zero-order valence-electron chi connectivity index (χ0n) is 15.7. The molecule has 3 rings (SSSR count). The fourth-order valence-corrected chi connectivity index (χ4v) is 3.32. The van der Waals surface area contributed by atoms with E-state index in [1.165, 1.54) is 12.8 Å². The summed E-state index contributed by atoms with van der Waals surface area (Å²) in [5.41, 5.74) is 1.32. The van der Waals surface area contributed by atoms with Crippen LogP contribution in [0.15, 0.2) is 47.1 Å². The predicted octanol–water partition coefficient (Wildman–Crippen LogP) is 4.05. The van der Waals surface area contributed by atoms with Crippen molar-refractivity contribution < 1.29 is 14.0 Å². The summed E-state index contributed by atoms with van der Waals surface area (Å²) in [6, 6.07) is 10.5. The minimum absolute atomic E-state index is 0.0555. The molecule has 2 N–H and O–H groups in total. The number of rotatable bonds is 5. The predicted molar refractivity (Wildman–Crippen MR) is 105 cm³/mol. The number of nitrogens with zero attached hydrogens (tertiary/aromatic N) is 1. The molecule has 144 valence electrons. The Bertz CT molecular complexity index is 733. The van der Waals surface area contributed by atoms with Gasteiger partial charge < -0.3 is 20.0 Å². The van der Waals surface area contributed by atoms with E-state index in [-0.39, 0.29) is 18.0 Å². The van der Waals surface area contributed by atoms with E-state index in [1.54, 1.807) is 30.5 Å². The second-order valence-electron chi connectivity index (χ2n) is 7.07. The number of nitrogens with one attached hydrogen (secondary N) is 2. The Hall–Kier alpha value is -2.76. The van der Waals surface area contributed by atoms with Gasteiger partial charge in [0.05, 0.1) is 6.26 Å². The largest absolute Gasteiger partial charge is 0.469 e. The normalized spacial score (nSPS) is 15.7. The molecule has 0 aliphatic carbocycles. The lowest BCUT2D eigenvalue weighted by Crippen LogP contribution is -2.37. The molecule has 1 aliphatic heterocycles. The first-order valence-corrected chi connectivity index (χ1v) is 9.61. The molecule has 0 spiro atoms. The van der Waals surface area contributed by atoms with Gasteiger partial charge in [-0.3, -0.25) is 4.79 Å². The summed E-state index contributed by atoms with van der Waals surface area (Å²) < 4.78 is 5.29. The van der Waals surface area contributed by atoms with E-state index >= 15 is 0 Å². The second kappa shape index (κ2) is 9.26. The third kappa shape index (κ3) is 5.61. The van der Waals surface area contributed by atoms with Crippen molar-refractivity contribution in [3.8, 4) is 0 Å². The van der Waals surface area contributed by atoms with Crippen molar-refractivity contribution in [3.05, 3.63) is 54.0 Å². The summed E-state index contributed by atoms with van der Waals surface area (Å²) in [4.78, 5) is 26.7. The second-order valence-corrected chi connectivity index (χ2v) is 7.07. The molecule has 1 saturated heterocycles. The molecule has 0 saturated carbocycles. The van der Waals surface area contributed by atoms with Gasteiger partial charge in [-0.1, -0.05) is 12.8 Å². The van der Waals surface area contributed by atoms with Crippen LogP contribution in [0.2, 0.25) is 0 Å². The van der Waals surface area contributed by atoms with Crippen LogP contribution in [0.25, 0.3) is 0 Å². The molecule has 6 nitrogen and oxygen atoms in total. The first kappa shape index (κ1) is 19.0. The summed E-state index contributed by atoms with van der Waals surface area (Å²) in [5, 5.41) is 5.68. The summed E-state index contributed by atoms with van der Waals surface area (Å²) in [5.74, 6) is 0.902. The first-order valence-electron chi connectivity index (χ1n) is 9.61. The highest BCUT2D eigenvalue weighted by atomic mass is 16.3. The number of amides is 3. The molecule has 1 aromatic carbocycles. The van der Waals surface area contributed by atoms with Gasteiger partial charge >= 0.3 is 6.03 Å². The average molecular weight is 369 g/mol. The maximum Gasteiger partial charge on any atom is 0.319 e. The molecule has 3 amide bonds. The van der Waals surface area contributed by atoms with Crippen LogP contribution in [-0.4, -0.2) is 36.0 Å². The van der Waals surface area contributed by atoms with Gasteiger partial charge in [-0.2, -0.15) is 0 Å². The van der Waals surface area contributed by atoms with Gasteiger partial charge in [-0.15, -0.1) is 0 Å². The van der Waals surface area contributed by atoms with Crippen LogP contribution < -0.4 is 10.6 Å². The maximum absolute atomic E-state index is 12.6. The fraction of sp³-hybridized carbons (Fsp3) is 0.429. The van der Waals surface area contributed by atoms with Gasteiger partial charge in [-0.25, -0.2) is 4.79 Å². The Balaban J connectivity index is 1.50. The molecule has 2 aromatic rings. The van der Waals surface area contributed by atoms with Crippen LogP contribution in [-0.2, 0) is 6.42 Å². The van der Waals surface area contributed by atoms with Gasteiger partial charge in [0.2, 0.25) is 0 Å². The van der Waals surface area contributed by atoms with E-state index in [4.69, 9.17) is 4.42 Å². The van der Waals surface area contributed by atoms with Crippen molar-refractivity contribution in [1.82, 2.24) is 10.2 Å². The SMILES string of the molecule is CC(Cc1ccco1)NC(=O)Nc1ccc(C(=O)N2CCCCCC2)cc1. The Labute approximate surface area is 159 Å². The van der Waals surface area contributed by atoms with Gasteiger partial charge in [0.1, 0.15) is 5.76 Å². The minimum atomic E-state index is -0.277. The molecule has 0 radical (unpaired) electrons. The molecule has 2 heterocycles. The molecular formula is C21H27N3O3. The number of hydrogen-bond donors (Lipinski definition) is 2. The molecular weight excluding hydrogens is 342 g/mol. The van der Waals surface area contributed by atoms with E-state index in [9.17, 15) is 9.59 Å². The molecule has 1 aliphatic rings. The number of benzene rings is 1. The molecule has 1 aromatic heterocycles. The van der Waals surface area contributed by atoms with Crippen molar-refractivity contribution >= 4 is 17.6 Å². The fourth-order valence-electron chi connectivity index (χ4n) is 3.32. The van der Waals surface area contributed by atoms with Gasteiger partial charge in [0.25, 0.3) is 5.91 Å². The molecule has 1 atom stereocenters. The van der Waals surface area contributed by atoms with Crippen LogP contribution in [0.3, 0.4) is 0 Å². The quantitative estimate of drug-likeness (QED) is 0.835. The topological polar surface area (TPSA) is 74.6 Å². The van der Waals surface area contributed by atoms with E-state index < -0.39 is 0 Å². The van der Waals surface area contributed by atoms with E-state index in [2.05, 4.69) is 10.6 Å². The first-order chi connectivity index (χ1) is 13.1. The average Bonchev–Trinajstić information content (AvgIpc) is 3.00. The zero-order chi connectivity index (χ0) is 19.1. The zero-order valence-corrected chi connectivity index (χ0v) is 15.7. The van der Waals surface area contributed by atoms with Crippen LogP contribution >= 0.6 is 0 Å². The monoisotopic (exact) mass is 369 g/mol. The van der Waals surface area contributed by atoms with Crippen molar-refractivity contribution in [2.75, 3.05) is 18.4 Å². The van der Waals surface area contributed by atoms with E-state index in [0.29, 0.717) is 17.7 Å². The highest BCUT2D eigenvalue weighted by molar-refractivity contribution is 5.95. The van der Waals surface area contributed by atoms with Crippen molar-refractivity contribution in [2.24, 2.45) is 0 Å². The minimum Gasteiger partial charge on any atom is -0.469 e. The number of carbonyl (C=O) groups is 2. The molecule has 1 fully saturated rings. The third-order valence-corrected chi connectivity index (χ3v) is 4.75. The lowest BCUT2D eigenvalue weighted by atomic mass is 10.1. The van der Waals surface area contributed by atoms with E-state index in [1.807, 2.05) is 24.0 Å². The summed E-state index contributed by atoms with van der Waals surface area (Å²) in [6.45, 7) is 3.58. The number of urea groups is 1. The highest BCUT2D eigenvalue weighted by Crippen LogP contribution is 2.15. The Morgan fingerprint density at radius 1 is 1.07 bits per heavy atom. The molecule has 6 heteroatoms. The van der Waals surface area contributed by atoms with Gasteiger partial charge in [-0.05, 0) is 56.2 Å². The Morgan fingerprint density at radius 2 is 1.78 bits per heavy atom. The summed E-state index contributed by atoms with van der Waals surface area (Å²) in [7, 11) is 0. The number of furan rings is 1. The Kier molecular flexibility index (Phi) is 6.52. The van der Waals surface area contributed by atoms with Crippen molar-refractivity contribution in [3.63, 3.8) is 0 Å². The number of carbonyl (C=O) groups excluding carboxylic acids is 2. The summed E-state index contributed by atoms with van der Waals surface area (Å²) >= 11 is 0. The maximum atomic E-state index is 12.6. The third-order valence-electron chi connectivity index (χ3n) is 4.75. The van der Waals surface area contributed by atoms with E-state index in [0.717, 1.165) is 31.7 Å². The lowest BCUT2D eigenvalue weighted by Gasteiger charge is -2.20.